The third kappa shape index (κ3) is 4.16. The van der Waals surface area contributed by atoms with E-state index in [-0.39, 0.29) is 17.7 Å². The topological polar surface area (TPSA) is 111 Å². The molecule has 0 spiro atoms. The number of benzene rings is 1. The van der Waals surface area contributed by atoms with Crippen LogP contribution in [-0.4, -0.2) is 34.0 Å². The Labute approximate surface area is 150 Å². The summed E-state index contributed by atoms with van der Waals surface area (Å²) in [6, 6.07) is 5.74. The first-order valence-electron chi connectivity index (χ1n) is 7.96. The van der Waals surface area contributed by atoms with Crippen LogP contribution in [0.5, 0.6) is 0 Å². The van der Waals surface area contributed by atoms with Crippen molar-refractivity contribution in [3.8, 4) is 0 Å². The van der Waals surface area contributed by atoms with Crippen LogP contribution in [0.15, 0.2) is 29.4 Å². The van der Waals surface area contributed by atoms with Crippen LogP contribution in [0.4, 0.5) is 5.69 Å². The molecule has 1 aromatic rings. The smallest absolute Gasteiger partial charge is 0.340 e. The molecule has 1 atom stereocenters. The molecule has 9 nitrogen and oxygen atoms in total. The molecule has 0 radical (unpaired) electrons. The lowest BCUT2D eigenvalue weighted by Crippen LogP contribution is -2.34. The van der Waals surface area contributed by atoms with Crippen LogP contribution < -0.4 is 5.06 Å². The average molecular weight is 363 g/mol. The van der Waals surface area contributed by atoms with E-state index in [4.69, 9.17) is 9.57 Å². The molecule has 140 valence electrons. The molecular weight excluding hydrogens is 342 g/mol. The molecule has 2 rings (SSSR count). The predicted octanol–water partition coefficient (Wildman–Crippen LogP) is 2.54. The summed E-state index contributed by atoms with van der Waals surface area (Å²) >= 11 is 0. The minimum absolute atomic E-state index is 0.207. The van der Waals surface area contributed by atoms with Crippen molar-refractivity contribution in [1.82, 2.24) is 0 Å². The molecule has 0 saturated heterocycles. The largest absolute Gasteiger partial charge is 0.599 e. The molecule has 1 heterocycles. The Balaban J connectivity index is 2.14. The maximum atomic E-state index is 12.3. The normalized spacial score (nSPS) is 20.9. The van der Waals surface area contributed by atoms with Gasteiger partial charge in [-0.3, -0.25) is 4.79 Å². The molecule has 0 aliphatic carbocycles. The van der Waals surface area contributed by atoms with Crippen molar-refractivity contribution in [3.63, 3.8) is 0 Å². The number of hydroxylamine groups is 2. The molecular formula is C17H21N3O6. The van der Waals surface area contributed by atoms with E-state index in [1.54, 1.807) is 20.8 Å². The first kappa shape index (κ1) is 19.4. The fourth-order valence-corrected chi connectivity index (χ4v) is 2.71. The van der Waals surface area contributed by atoms with Gasteiger partial charge in [-0.15, -0.1) is 5.06 Å². The van der Waals surface area contributed by atoms with Crippen molar-refractivity contribution in [2.24, 2.45) is 5.11 Å². The lowest BCUT2D eigenvalue weighted by atomic mass is 9.97. The molecule has 0 N–H and O–H groups in total. The summed E-state index contributed by atoms with van der Waals surface area (Å²) in [5, 5.41) is 16.5. The van der Waals surface area contributed by atoms with E-state index < -0.39 is 29.1 Å². The second kappa shape index (κ2) is 6.74. The van der Waals surface area contributed by atoms with Crippen molar-refractivity contribution in [2.75, 3.05) is 5.06 Å². The summed E-state index contributed by atoms with van der Waals surface area (Å²) in [7, 11) is 0. The van der Waals surface area contributed by atoms with Gasteiger partial charge in [-0.05, 0) is 24.3 Å². The van der Waals surface area contributed by atoms with Gasteiger partial charge in [-0.2, -0.15) is 0 Å². The fourth-order valence-electron chi connectivity index (χ4n) is 2.71. The summed E-state index contributed by atoms with van der Waals surface area (Å²) in [4.78, 5) is 40.4. The number of carbonyl (C=O) groups is 3. The third-order valence-corrected chi connectivity index (χ3v) is 3.74. The molecule has 0 saturated carbocycles. The van der Waals surface area contributed by atoms with Crippen LogP contribution in [0.2, 0.25) is 0 Å². The molecule has 1 aliphatic heterocycles. The summed E-state index contributed by atoms with van der Waals surface area (Å²) < 4.78 is 5.39. The Morgan fingerprint density at radius 1 is 1.15 bits per heavy atom. The van der Waals surface area contributed by atoms with Crippen molar-refractivity contribution in [1.29, 1.82) is 0 Å². The van der Waals surface area contributed by atoms with Crippen LogP contribution >= 0.6 is 0 Å². The Morgan fingerprint density at radius 2 is 1.73 bits per heavy atom. The highest BCUT2D eigenvalue weighted by atomic mass is 16.7. The summed E-state index contributed by atoms with van der Waals surface area (Å²) in [5.74, 6) is -1.80. The average Bonchev–Trinajstić information content (AvgIpc) is 2.71. The van der Waals surface area contributed by atoms with Crippen LogP contribution in [0.25, 0.3) is 0 Å². The number of rotatable bonds is 3. The number of amides is 1. The van der Waals surface area contributed by atoms with E-state index in [1.165, 1.54) is 38.1 Å². The zero-order chi connectivity index (χ0) is 19.7. The van der Waals surface area contributed by atoms with Gasteiger partial charge in [0.05, 0.1) is 17.7 Å². The number of azo groups is 1. The van der Waals surface area contributed by atoms with E-state index >= 15 is 0 Å². The van der Waals surface area contributed by atoms with Gasteiger partial charge >= 0.3 is 11.9 Å². The summed E-state index contributed by atoms with van der Waals surface area (Å²) in [6.45, 7) is 7.40. The molecule has 0 bridgehead atoms. The van der Waals surface area contributed by atoms with E-state index in [1.807, 2.05) is 0 Å². The molecule has 0 aromatic heterocycles. The van der Waals surface area contributed by atoms with Crippen LogP contribution in [0.1, 0.15) is 51.4 Å². The SMILES string of the molecule is CC(=O)ON(C(C)=O)c1ccc(C(=O)O[C@@]2(C)CC(C)(C)[N+]([O-])=N2)cc1. The molecule has 1 amide bonds. The van der Waals surface area contributed by atoms with Gasteiger partial charge in [0.2, 0.25) is 0 Å². The second-order valence-corrected chi connectivity index (χ2v) is 6.87. The number of esters is 1. The lowest BCUT2D eigenvalue weighted by Gasteiger charge is -2.20. The minimum atomic E-state index is -1.25. The number of hydrogen-bond acceptors (Lipinski definition) is 7. The molecule has 0 fully saturated rings. The van der Waals surface area contributed by atoms with E-state index in [9.17, 15) is 19.6 Å². The number of nitrogens with zero attached hydrogens (tertiary/aromatic N) is 3. The first-order chi connectivity index (χ1) is 11.9. The molecule has 26 heavy (non-hydrogen) atoms. The van der Waals surface area contributed by atoms with E-state index in [0.29, 0.717) is 4.86 Å². The molecule has 1 aromatic carbocycles. The zero-order valence-electron chi connectivity index (χ0n) is 15.3. The fraction of sp³-hybridized carbons (Fsp3) is 0.471. The number of carbonyl (C=O) groups excluding carboxylic acids is 3. The van der Waals surface area contributed by atoms with Gasteiger partial charge in [-0.25, -0.2) is 9.59 Å². The van der Waals surface area contributed by atoms with Gasteiger partial charge in [0, 0.05) is 39.7 Å². The third-order valence-electron chi connectivity index (χ3n) is 3.74. The Hall–Kier alpha value is -2.97. The molecule has 9 heteroatoms. The lowest BCUT2D eigenvalue weighted by molar-refractivity contribution is -0.589. The van der Waals surface area contributed by atoms with Gasteiger partial charge in [0.15, 0.2) is 5.54 Å². The Morgan fingerprint density at radius 3 is 2.15 bits per heavy atom. The predicted molar refractivity (Wildman–Crippen MR) is 89.9 cm³/mol. The number of anilines is 1. The highest BCUT2D eigenvalue weighted by Gasteiger charge is 2.50. The summed E-state index contributed by atoms with van der Waals surface area (Å²) in [6.07, 6.45) is 0.262. The van der Waals surface area contributed by atoms with Gasteiger partial charge < -0.3 is 14.8 Å². The second-order valence-electron chi connectivity index (χ2n) is 6.87. The van der Waals surface area contributed by atoms with Crippen LogP contribution in [0, 0.1) is 5.21 Å². The maximum Gasteiger partial charge on any atom is 0.340 e. The number of ether oxygens (including phenoxy) is 1. The van der Waals surface area contributed by atoms with E-state index in [0.717, 1.165) is 5.06 Å². The van der Waals surface area contributed by atoms with Crippen LogP contribution in [0.3, 0.4) is 0 Å². The quantitative estimate of drug-likeness (QED) is 0.353. The number of hydrogen-bond donors (Lipinski definition) is 0. The van der Waals surface area contributed by atoms with Gasteiger partial charge in [0.25, 0.3) is 11.6 Å². The Bertz CT molecular complexity index is 771. The molecule has 0 unspecified atom stereocenters. The zero-order valence-corrected chi connectivity index (χ0v) is 15.3. The standard InChI is InChI=1S/C17H21N3O6/c1-11(21)19(26-12(2)22)14-8-6-13(7-9-14)15(23)25-17(5)10-16(3,4)20(24)18-17/h6-9H,10H2,1-5H3/t17-/m0/s1. The highest BCUT2D eigenvalue weighted by molar-refractivity contribution is 5.93. The monoisotopic (exact) mass is 363 g/mol. The molecule has 1 aliphatic rings. The van der Waals surface area contributed by atoms with E-state index in [2.05, 4.69) is 5.11 Å². The minimum Gasteiger partial charge on any atom is -0.599 e. The van der Waals surface area contributed by atoms with Gasteiger partial charge in [0.1, 0.15) is 0 Å². The van der Waals surface area contributed by atoms with Crippen molar-refractivity contribution in [3.05, 3.63) is 35.0 Å². The first-order valence-corrected chi connectivity index (χ1v) is 7.96. The van der Waals surface area contributed by atoms with Crippen molar-refractivity contribution < 1.29 is 28.8 Å². The van der Waals surface area contributed by atoms with Crippen molar-refractivity contribution in [2.45, 2.75) is 52.3 Å². The maximum absolute atomic E-state index is 12.3. The summed E-state index contributed by atoms with van der Waals surface area (Å²) in [5.41, 5.74) is -1.51. The van der Waals surface area contributed by atoms with Crippen molar-refractivity contribution >= 4 is 23.5 Å². The Kier molecular flexibility index (Phi) is 5.02. The van der Waals surface area contributed by atoms with Crippen LogP contribution in [-0.2, 0) is 19.2 Å². The van der Waals surface area contributed by atoms with Gasteiger partial charge in [-0.1, -0.05) is 4.86 Å². The highest BCUT2D eigenvalue weighted by Crippen LogP contribution is 2.35.